The zero-order valence-corrected chi connectivity index (χ0v) is 20.2. The van der Waals surface area contributed by atoms with E-state index in [0.29, 0.717) is 25.0 Å². The molecule has 0 bridgehead atoms. The number of aromatic nitrogens is 2. The molecule has 0 amide bonds. The summed E-state index contributed by atoms with van der Waals surface area (Å²) in [5.41, 5.74) is 3.16. The highest BCUT2D eigenvalue weighted by Gasteiger charge is 2.13. The van der Waals surface area contributed by atoms with Crippen LogP contribution in [0, 0.1) is 0 Å². The van der Waals surface area contributed by atoms with Crippen LogP contribution in [0.1, 0.15) is 49.1 Å². The number of benzene rings is 1. The van der Waals surface area contributed by atoms with E-state index in [9.17, 15) is 0 Å². The van der Waals surface area contributed by atoms with Gasteiger partial charge in [-0.25, -0.2) is 4.98 Å². The highest BCUT2D eigenvalue weighted by atomic mass is 127. The Morgan fingerprint density at radius 1 is 1.14 bits per heavy atom. The van der Waals surface area contributed by atoms with Gasteiger partial charge in [-0.3, -0.25) is 4.99 Å². The predicted octanol–water partition coefficient (Wildman–Crippen LogP) is 5.18. The van der Waals surface area contributed by atoms with E-state index >= 15 is 0 Å². The standard InChI is InChI=1S/C21H27N5OS.HI/c1-4-15(5-2)18-11-17(27-26-18)12-23-21(22-3)24-13-20-25-19(14-28-20)16-9-7-6-8-10-16;/h6-11,14-15H,4-5,12-13H2,1-3H3,(H2,22,23,24);1H. The number of nitrogens with zero attached hydrogens (tertiary/aromatic N) is 3. The molecular weight excluding hydrogens is 497 g/mol. The third kappa shape index (κ3) is 6.53. The van der Waals surface area contributed by atoms with Gasteiger partial charge in [0.1, 0.15) is 5.01 Å². The van der Waals surface area contributed by atoms with Gasteiger partial charge in [-0.2, -0.15) is 0 Å². The van der Waals surface area contributed by atoms with Crippen LogP contribution in [0.5, 0.6) is 0 Å². The van der Waals surface area contributed by atoms with Crippen molar-refractivity contribution < 1.29 is 4.52 Å². The van der Waals surface area contributed by atoms with Gasteiger partial charge < -0.3 is 15.2 Å². The Morgan fingerprint density at radius 3 is 2.55 bits per heavy atom. The summed E-state index contributed by atoms with van der Waals surface area (Å²) in [6.45, 7) is 5.51. The fourth-order valence-corrected chi connectivity index (χ4v) is 3.74. The summed E-state index contributed by atoms with van der Waals surface area (Å²) in [5.74, 6) is 1.97. The van der Waals surface area contributed by atoms with Gasteiger partial charge in [0.2, 0.25) is 0 Å². The maximum Gasteiger partial charge on any atom is 0.191 e. The molecule has 0 aliphatic heterocycles. The van der Waals surface area contributed by atoms with Gasteiger partial charge in [-0.05, 0) is 12.8 Å². The molecule has 0 spiro atoms. The van der Waals surface area contributed by atoms with Crippen molar-refractivity contribution in [2.75, 3.05) is 7.05 Å². The maximum atomic E-state index is 5.45. The first kappa shape index (κ1) is 23.3. The summed E-state index contributed by atoms with van der Waals surface area (Å²) in [5, 5.41) is 13.9. The molecule has 2 N–H and O–H groups in total. The SMILES string of the molecule is CCC(CC)c1cc(CNC(=NC)NCc2nc(-c3ccccc3)cs2)on1.I. The third-order valence-corrected chi connectivity index (χ3v) is 5.51. The summed E-state index contributed by atoms with van der Waals surface area (Å²) in [6, 6.07) is 12.2. The van der Waals surface area contributed by atoms with Crippen molar-refractivity contribution in [3.8, 4) is 11.3 Å². The lowest BCUT2D eigenvalue weighted by Gasteiger charge is -2.09. The number of guanidine groups is 1. The van der Waals surface area contributed by atoms with E-state index in [4.69, 9.17) is 9.51 Å². The summed E-state index contributed by atoms with van der Waals surface area (Å²) in [7, 11) is 1.75. The van der Waals surface area contributed by atoms with Crippen LogP contribution in [0.2, 0.25) is 0 Å². The van der Waals surface area contributed by atoms with Gasteiger partial charge in [0, 0.05) is 30.0 Å². The van der Waals surface area contributed by atoms with Gasteiger partial charge in [-0.1, -0.05) is 49.3 Å². The molecule has 0 radical (unpaired) electrons. The number of hydrogen-bond acceptors (Lipinski definition) is 5. The van der Waals surface area contributed by atoms with Crippen LogP contribution in [0.4, 0.5) is 0 Å². The highest BCUT2D eigenvalue weighted by Crippen LogP contribution is 2.23. The average Bonchev–Trinajstić information content (AvgIpc) is 3.40. The number of thiazole rings is 1. The Kier molecular flexibility index (Phi) is 9.59. The van der Waals surface area contributed by atoms with Gasteiger partial charge >= 0.3 is 0 Å². The first-order valence-corrected chi connectivity index (χ1v) is 10.5. The second-order valence-corrected chi connectivity index (χ2v) is 7.45. The molecule has 0 atom stereocenters. The van der Waals surface area contributed by atoms with Crippen molar-refractivity contribution in [1.29, 1.82) is 0 Å². The summed E-state index contributed by atoms with van der Waals surface area (Å²) in [4.78, 5) is 8.96. The lowest BCUT2D eigenvalue weighted by molar-refractivity contribution is 0.368. The molecule has 0 aliphatic carbocycles. The summed E-state index contributed by atoms with van der Waals surface area (Å²) < 4.78 is 5.45. The van der Waals surface area contributed by atoms with Crippen LogP contribution in [0.3, 0.4) is 0 Å². The Hall–Kier alpha value is -1.94. The lowest BCUT2D eigenvalue weighted by atomic mass is 9.99. The molecule has 29 heavy (non-hydrogen) atoms. The predicted molar refractivity (Wildman–Crippen MR) is 130 cm³/mol. The van der Waals surface area contributed by atoms with Crippen molar-refractivity contribution in [3.63, 3.8) is 0 Å². The molecule has 1 aromatic carbocycles. The van der Waals surface area contributed by atoms with Crippen LogP contribution in [-0.4, -0.2) is 23.1 Å². The van der Waals surface area contributed by atoms with Crippen molar-refractivity contribution in [2.45, 2.75) is 45.7 Å². The first-order valence-electron chi connectivity index (χ1n) is 9.63. The van der Waals surface area contributed by atoms with Crippen LogP contribution < -0.4 is 10.6 Å². The first-order chi connectivity index (χ1) is 13.7. The minimum Gasteiger partial charge on any atom is -0.359 e. The van der Waals surface area contributed by atoms with Crippen molar-refractivity contribution in [1.82, 2.24) is 20.8 Å². The monoisotopic (exact) mass is 525 g/mol. The zero-order valence-electron chi connectivity index (χ0n) is 17.0. The van der Waals surface area contributed by atoms with Gasteiger partial charge in [0.15, 0.2) is 11.7 Å². The number of aliphatic imine (C=N–C) groups is 1. The molecule has 0 saturated carbocycles. The van der Waals surface area contributed by atoms with Gasteiger partial charge in [0.05, 0.1) is 24.5 Å². The smallest absolute Gasteiger partial charge is 0.191 e. The normalized spacial score (nSPS) is 11.4. The Balaban J connectivity index is 0.00000300. The third-order valence-electron chi connectivity index (χ3n) is 4.66. The Bertz CT molecular complexity index is 889. The fraction of sp³-hybridized carbons (Fsp3) is 0.381. The van der Waals surface area contributed by atoms with Crippen molar-refractivity contribution >= 4 is 41.3 Å². The minimum atomic E-state index is 0. The molecule has 3 aromatic rings. The number of nitrogens with one attached hydrogen (secondary N) is 2. The molecule has 2 heterocycles. The van der Waals surface area contributed by atoms with Gasteiger partial charge in [0.25, 0.3) is 0 Å². The average molecular weight is 525 g/mol. The number of hydrogen-bond donors (Lipinski definition) is 2. The Morgan fingerprint density at radius 2 is 1.86 bits per heavy atom. The zero-order chi connectivity index (χ0) is 19.8. The van der Waals surface area contributed by atoms with E-state index in [2.05, 4.69) is 52.1 Å². The van der Waals surface area contributed by atoms with E-state index in [0.717, 1.165) is 40.6 Å². The van der Waals surface area contributed by atoms with E-state index in [-0.39, 0.29) is 24.0 Å². The molecule has 3 rings (SSSR count). The van der Waals surface area contributed by atoms with Gasteiger partial charge in [-0.15, -0.1) is 35.3 Å². The van der Waals surface area contributed by atoms with E-state index in [1.54, 1.807) is 18.4 Å². The quantitative estimate of drug-likeness (QED) is 0.241. The lowest BCUT2D eigenvalue weighted by Crippen LogP contribution is -2.36. The van der Waals surface area contributed by atoms with E-state index in [1.165, 1.54) is 0 Å². The van der Waals surface area contributed by atoms with E-state index in [1.807, 2.05) is 24.3 Å². The molecule has 8 heteroatoms. The van der Waals surface area contributed by atoms with Crippen molar-refractivity contribution in [3.05, 3.63) is 58.2 Å². The molecule has 6 nitrogen and oxygen atoms in total. The van der Waals surface area contributed by atoms with Crippen molar-refractivity contribution in [2.24, 2.45) is 4.99 Å². The maximum absolute atomic E-state index is 5.45. The molecule has 156 valence electrons. The number of rotatable bonds is 8. The molecule has 0 aliphatic rings. The molecule has 0 unspecified atom stereocenters. The molecule has 0 fully saturated rings. The minimum absolute atomic E-state index is 0. The highest BCUT2D eigenvalue weighted by molar-refractivity contribution is 14.0. The van der Waals surface area contributed by atoms with E-state index < -0.39 is 0 Å². The molecule has 2 aromatic heterocycles. The fourth-order valence-electron chi connectivity index (χ4n) is 3.00. The summed E-state index contributed by atoms with van der Waals surface area (Å²) >= 11 is 1.64. The Labute approximate surface area is 193 Å². The second-order valence-electron chi connectivity index (χ2n) is 6.50. The largest absolute Gasteiger partial charge is 0.359 e. The topological polar surface area (TPSA) is 75.3 Å². The van der Waals surface area contributed by atoms with Crippen LogP contribution in [0.25, 0.3) is 11.3 Å². The second kappa shape index (κ2) is 11.9. The number of halogens is 1. The summed E-state index contributed by atoms with van der Waals surface area (Å²) in [6.07, 6.45) is 2.13. The van der Waals surface area contributed by atoms with Crippen LogP contribution >= 0.6 is 35.3 Å². The van der Waals surface area contributed by atoms with Crippen LogP contribution in [-0.2, 0) is 13.1 Å². The molecule has 0 saturated heterocycles. The molecular formula is C21H28IN5OS. The van der Waals surface area contributed by atoms with Crippen LogP contribution in [0.15, 0.2) is 51.3 Å².